The highest BCUT2D eigenvalue weighted by Crippen LogP contribution is 2.30. The maximum absolute atomic E-state index is 13.7. The molecule has 0 bridgehead atoms. The Labute approximate surface area is 178 Å². The van der Waals surface area contributed by atoms with Crippen LogP contribution in [0.3, 0.4) is 0 Å². The van der Waals surface area contributed by atoms with Gasteiger partial charge in [0.05, 0.1) is 10.3 Å². The second-order valence-electron chi connectivity index (χ2n) is 7.95. The summed E-state index contributed by atoms with van der Waals surface area (Å²) < 4.78 is 29.4. The number of anilines is 3. The lowest BCUT2D eigenvalue weighted by molar-refractivity contribution is -0.126. The van der Waals surface area contributed by atoms with Crippen molar-refractivity contribution in [1.82, 2.24) is 0 Å². The summed E-state index contributed by atoms with van der Waals surface area (Å²) in [5.74, 6) is -0.436. The summed E-state index contributed by atoms with van der Waals surface area (Å²) in [6, 6.07) is 12.2. The van der Waals surface area contributed by atoms with Gasteiger partial charge in [0, 0.05) is 30.5 Å². The fourth-order valence-electron chi connectivity index (χ4n) is 3.12. The number of nitrogens with one attached hydrogen (secondary N) is 2. The zero-order chi connectivity index (χ0) is 22.1. The predicted octanol–water partition coefficient (Wildman–Crippen LogP) is 4.05. The standard InChI is InChI=1S/C22H26FN3O3S/c1-14(23)22(3,4)21(28)24-17-6-5-7-18(13-17)25-30(29)19-8-9-20-16(12-19)10-11-26(20)15(2)27/h5-9,12-14,25H,10-11H2,1-4H3,(H,24,28). The second kappa shape index (κ2) is 8.55. The Morgan fingerprint density at radius 2 is 1.87 bits per heavy atom. The van der Waals surface area contributed by atoms with Crippen molar-refractivity contribution in [2.24, 2.45) is 5.41 Å². The molecule has 0 saturated carbocycles. The third kappa shape index (κ3) is 4.53. The van der Waals surface area contributed by atoms with Gasteiger partial charge in [-0.2, -0.15) is 0 Å². The fourth-order valence-corrected chi connectivity index (χ4v) is 4.02. The maximum Gasteiger partial charge on any atom is 0.232 e. The summed E-state index contributed by atoms with van der Waals surface area (Å²) in [6.07, 6.45) is -0.574. The minimum absolute atomic E-state index is 0.00931. The average Bonchev–Trinajstić information content (AvgIpc) is 3.11. The van der Waals surface area contributed by atoms with Gasteiger partial charge in [0.1, 0.15) is 17.2 Å². The third-order valence-corrected chi connectivity index (χ3v) is 6.55. The number of hydrogen-bond donors (Lipinski definition) is 2. The predicted molar refractivity (Wildman–Crippen MR) is 118 cm³/mol. The zero-order valence-corrected chi connectivity index (χ0v) is 18.3. The lowest BCUT2D eigenvalue weighted by Crippen LogP contribution is -2.37. The molecule has 2 atom stereocenters. The van der Waals surface area contributed by atoms with Crippen LogP contribution >= 0.6 is 0 Å². The first kappa shape index (κ1) is 22.0. The van der Waals surface area contributed by atoms with Gasteiger partial charge in [-0.3, -0.25) is 9.59 Å². The largest absolute Gasteiger partial charge is 0.325 e. The molecule has 0 aliphatic carbocycles. The quantitative estimate of drug-likeness (QED) is 0.724. The number of carbonyl (C=O) groups is 2. The van der Waals surface area contributed by atoms with Crippen LogP contribution in [0.2, 0.25) is 0 Å². The smallest absolute Gasteiger partial charge is 0.232 e. The summed E-state index contributed by atoms with van der Waals surface area (Å²) in [5.41, 5.74) is 1.73. The Hall–Kier alpha value is -2.74. The van der Waals surface area contributed by atoms with Gasteiger partial charge in [-0.15, -0.1) is 0 Å². The monoisotopic (exact) mass is 431 g/mol. The molecule has 0 fully saturated rings. The first-order valence-electron chi connectivity index (χ1n) is 9.74. The summed E-state index contributed by atoms with van der Waals surface area (Å²) in [5, 5.41) is 2.71. The minimum Gasteiger partial charge on any atom is -0.325 e. The summed E-state index contributed by atoms with van der Waals surface area (Å²) in [7, 11) is -1.52. The van der Waals surface area contributed by atoms with Crippen molar-refractivity contribution in [1.29, 1.82) is 0 Å². The summed E-state index contributed by atoms with van der Waals surface area (Å²) in [6.45, 7) is 6.61. The number of benzene rings is 2. The normalized spacial score (nSPS) is 15.3. The first-order valence-corrected chi connectivity index (χ1v) is 10.9. The van der Waals surface area contributed by atoms with Gasteiger partial charge in [-0.25, -0.2) is 8.60 Å². The van der Waals surface area contributed by atoms with E-state index in [-0.39, 0.29) is 5.91 Å². The molecule has 0 radical (unpaired) electrons. The van der Waals surface area contributed by atoms with Gasteiger partial charge in [0.15, 0.2) is 0 Å². The average molecular weight is 432 g/mol. The number of alkyl halides is 1. The van der Waals surface area contributed by atoms with Crippen LogP contribution in [0.1, 0.15) is 33.3 Å². The van der Waals surface area contributed by atoms with E-state index in [0.29, 0.717) is 22.8 Å². The van der Waals surface area contributed by atoms with Crippen molar-refractivity contribution in [2.45, 2.75) is 45.2 Å². The number of rotatable bonds is 6. The highest BCUT2D eigenvalue weighted by atomic mass is 32.2. The maximum atomic E-state index is 13.7. The number of hydrogen-bond acceptors (Lipinski definition) is 3. The van der Waals surface area contributed by atoms with E-state index in [0.717, 1.165) is 17.7 Å². The van der Waals surface area contributed by atoms with Crippen LogP contribution in [0.25, 0.3) is 0 Å². The molecule has 2 aromatic rings. The van der Waals surface area contributed by atoms with E-state index in [2.05, 4.69) is 10.0 Å². The number of nitrogens with zero attached hydrogens (tertiary/aromatic N) is 1. The van der Waals surface area contributed by atoms with Crippen LogP contribution in [0.5, 0.6) is 0 Å². The van der Waals surface area contributed by atoms with Crippen LogP contribution in [-0.4, -0.2) is 28.7 Å². The molecular weight excluding hydrogens is 405 g/mol. The molecule has 2 unspecified atom stereocenters. The molecule has 0 spiro atoms. The molecule has 0 saturated heterocycles. The van der Waals surface area contributed by atoms with E-state index in [1.807, 2.05) is 12.1 Å². The van der Waals surface area contributed by atoms with Gasteiger partial charge in [-0.05, 0) is 69.2 Å². The molecule has 1 aliphatic rings. The van der Waals surface area contributed by atoms with E-state index in [1.54, 1.807) is 49.1 Å². The van der Waals surface area contributed by atoms with Crippen LogP contribution in [0.4, 0.5) is 21.5 Å². The van der Waals surface area contributed by atoms with Crippen molar-refractivity contribution in [3.05, 3.63) is 48.0 Å². The summed E-state index contributed by atoms with van der Waals surface area (Å²) in [4.78, 5) is 26.3. The molecule has 3 rings (SSSR count). The molecule has 8 heteroatoms. The number of fused-ring (bicyclic) bond motifs is 1. The second-order valence-corrected chi connectivity index (χ2v) is 9.17. The SMILES string of the molecule is CC(=O)N1CCc2cc(S(=O)Nc3cccc(NC(=O)C(C)(C)C(C)F)c3)ccc21. The molecule has 6 nitrogen and oxygen atoms in total. The van der Waals surface area contributed by atoms with Gasteiger partial charge in [0.25, 0.3) is 0 Å². The van der Waals surface area contributed by atoms with Crippen LogP contribution in [0, 0.1) is 5.41 Å². The van der Waals surface area contributed by atoms with Gasteiger partial charge >= 0.3 is 0 Å². The molecule has 0 aromatic heterocycles. The van der Waals surface area contributed by atoms with Crippen LogP contribution in [-0.2, 0) is 27.0 Å². The van der Waals surface area contributed by atoms with Crippen molar-refractivity contribution >= 4 is 39.9 Å². The van der Waals surface area contributed by atoms with Crippen molar-refractivity contribution in [3.8, 4) is 0 Å². The fraction of sp³-hybridized carbons (Fsp3) is 0.364. The molecule has 160 valence electrons. The Bertz CT molecular complexity index is 1010. The Morgan fingerprint density at radius 3 is 2.53 bits per heavy atom. The molecule has 2 N–H and O–H groups in total. The van der Waals surface area contributed by atoms with Gasteiger partial charge in [0.2, 0.25) is 11.8 Å². The van der Waals surface area contributed by atoms with Crippen LogP contribution < -0.4 is 14.9 Å². The van der Waals surface area contributed by atoms with Gasteiger partial charge in [-0.1, -0.05) is 6.07 Å². The molecular formula is C22H26FN3O3S. The number of amides is 2. The van der Waals surface area contributed by atoms with E-state index in [1.165, 1.54) is 13.8 Å². The van der Waals surface area contributed by atoms with Crippen molar-refractivity contribution in [3.63, 3.8) is 0 Å². The van der Waals surface area contributed by atoms with E-state index < -0.39 is 28.5 Å². The first-order chi connectivity index (χ1) is 14.1. The van der Waals surface area contributed by atoms with Crippen LogP contribution in [0.15, 0.2) is 47.4 Å². The van der Waals surface area contributed by atoms with Gasteiger partial charge < -0.3 is 14.9 Å². The van der Waals surface area contributed by atoms with Crippen molar-refractivity contribution in [2.75, 3.05) is 21.5 Å². The molecule has 2 aromatic carbocycles. The lowest BCUT2D eigenvalue weighted by Gasteiger charge is -2.25. The Kier molecular flexibility index (Phi) is 6.26. The van der Waals surface area contributed by atoms with E-state index in [9.17, 15) is 18.2 Å². The third-order valence-electron chi connectivity index (χ3n) is 5.45. The van der Waals surface area contributed by atoms with Crippen molar-refractivity contribution < 1.29 is 18.2 Å². The minimum atomic E-state index is -1.52. The highest BCUT2D eigenvalue weighted by molar-refractivity contribution is 7.86. The van der Waals surface area contributed by atoms with E-state index >= 15 is 0 Å². The summed E-state index contributed by atoms with van der Waals surface area (Å²) >= 11 is 0. The number of halogens is 1. The lowest BCUT2D eigenvalue weighted by atomic mass is 9.87. The molecule has 1 aliphatic heterocycles. The zero-order valence-electron chi connectivity index (χ0n) is 17.5. The van der Waals surface area contributed by atoms with E-state index in [4.69, 9.17) is 0 Å². The molecule has 30 heavy (non-hydrogen) atoms. The number of carbonyl (C=O) groups excluding carboxylic acids is 2. The Balaban J connectivity index is 1.72. The molecule has 2 amide bonds. The Morgan fingerprint density at radius 1 is 1.17 bits per heavy atom. The topological polar surface area (TPSA) is 78.5 Å². The highest BCUT2D eigenvalue weighted by Gasteiger charge is 2.34. The molecule has 1 heterocycles.